The number of rotatable bonds is 3. The number of aliphatic imine (C=N–C) groups is 1. The van der Waals surface area contributed by atoms with Gasteiger partial charge in [0.15, 0.2) is 0 Å². The molecule has 0 aromatic carbocycles. The Morgan fingerprint density at radius 1 is 1.38 bits per heavy atom. The van der Waals surface area contributed by atoms with Crippen molar-refractivity contribution in [3.05, 3.63) is 20.2 Å². The van der Waals surface area contributed by atoms with Crippen molar-refractivity contribution in [2.24, 2.45) is 4.99 Å². The summed E-state index contributed by atoms with van der Waals surface area (Å²) in [5.74, 6) is 0. The van der Waals surface area contributed by atoms with E-state index in [0.29, 0.717) is 0 Å². The number of hydrazine groups is 2. The van der Waals surface area contributed by atoms with Gasteiger partial charge in [-0.05, 0) is 0 Å². The standard InChI is InChI=1S/C2HF2N4O4Se/c3-1(4)5-2(13)6(7(9)10)8(11)12/h1H. The molecule has 0 N–H and O–H groups in total. The first kappa shape index (κ1) is 11.6. The summed E-state index contributed by atoms with van der Waals surface area (Å²) in [4.78, 5) is 22.1. The first-order valence-corrected chi connectivity index (χ1v) is 3.33. The molecule has 0 aromatic rings. The third kappa shape index (κ3) is 3.71. The van der Waals surface area contributed by atoms with Crippen LogP contribution in [-0.2, 0) is 0 Å². The number of nitrogens with zero attached hydrogens (tertiary/aromatic N) is 4. The topological polar surface area (TPSA) is 102 Å². The second-order valence-corrected chi connectivity index (χ2v) is 2.22. The van der Waals surface area contributed by atoms with E-state index in [1.807, 2.05) is 0 Å². The van der Waals surface area contributed by atoms with Crippen molar-refractivity contribution in [1.82, 2.24) is 5.12 Å². The van der Waals surface area contributed by atoms with Gasteiger partial charge in [0.05, 0.1) is 0 Å². The van der Waals surface area contributed by atoms with Gasteiger partial charge >= 0.3 is 76.5 Å². The third-order valence-electron chi connectivity index (χ3n) is 0.688. The van der Waals surface area contributed by atoms with Gasteiger partial charge in [-0.2, -0.15) is 0 Å². The molecule has 0 saturated heterocycles. The van der Waals surface area contributed by atoms with Crippen LogP contribution in [0.3, 0.4) is 0 Å². The number of halogens is 2. The van der Waals surface area contributed by atoms with Crippen molar-refractivity contribution in [3.63, 3.8) is 0 Å². The van der Waals surface area contributed by atoms with Gasteiger partial charge in [-0.3, -0.25) is 0 Å². The van der Waals surface area contributed by atoms with Gasteiger partial charge in [0.25, 0.3) is 0 Å². The zero-order valence-corrected chi connectivity index (χ0v) is 7.38. The van der Waals surface area contributed by atoms with Crippen LogP contribution in [0.4, 0.5) is 8.78 Å². The fourth-order valence-corrected chi connectivity index (χ4v) is 0.781. The molecule has 0 aliphatic carbocycles. The zero-order valence-electron chi connectivity index (χ0n) is 5.66. The van der Waals surface area contributed by atoms with Crippen LogP contribution in [0.25, 0.3) is 0 Å². The number of hydrogen-bond acceptors (Lipinski definition) is 5. The fraction of sp³-hybridized carbons (Fsp3) is 0.500. The van der Waals surface area contributed by atoms with Crippen LogP contribution < -0.4 is 0 Å². The molecule has 0 aliphatic rings. The first-order chi connectivity index (χ1) is 5.86. The molecule has 0 amide bonds. The van der Waals surface area contributed by atoms with Crippen LogP contribution in [0.1, 0.15) is 0 Å². The molecule has 1 radical (unpaired) electrons. The van der Waals surface area contributed by atoms with Crippen LogP contribution in [0.5, 0.6) is 0 Å². The maximum atomic E-state index is 11.5. The van der Waals surface area contributed by atoms with Crippen molar-refractivity contribution in [2.75, 3.05) is 0 Å². The summed E-state index contributed by atoms with van der Waals surface area (Å²) >= 11 is 1.68. The van der Waals surface area contributed by atoms with Crippen LogP contribution in [0, 0.1) is 20.2 Å². The van der Waals surface area contributed by atoms with E-state index < -0.39 is 26.5 Å². The van der Waals surface area contributed by atoms with E-state index in [-0.39, 0.29) is 0 Å². The van der Waals surface area contributed by atoms with Gasteiger partial charge < -0.3 is 0 Å². The summed E-state index contributed by atoms with van der Waals surface area (Å²) in [7, 11) is 0. The summed E-state index contributed by atoms with van der Waals surface area (Å²) in [5, 5.41) is 16.1. The maximum absolute atomic E-state index is 11.5. The summed E-state index contributed by atoms with van der Waals surface area (Å²) in [6, 6.07) is 0. The fourth-order valence-electron chi connectivity index (χ4n) is 0.334. The predicted molar refractivity (Wildman–Crippen MR) is 35.0 cm³/mol. The number of alkyl halides is 2. The number of hydrogen-bond donors (Lipinski definition) is 0. The monoisotopic (exact) mass is 263 g/mol. The molecular formula is C2HF2N4O4Se. The molecule has 0 atom stereocenters. The average molecular weight is 262 g/mol. The van der Waals surface area contributed by atoms with Crippen LogP contribution in [0.15, 0.2) is 4.99 Å². The molecular weight excluding hydrogens is 261 g/mol. The van der Waals surface area contributed by atoms with Gasteiger partial charge in [0.1, 0.15) is 0 Å². The number of nitro groups is 2. The summed E-state index contributed by atoms with van der Waals surface area (Å²) < 4.78 is 21.9. The van der Waals surface area contributed by atoms with Gasteiger partial charge in [-0.25, -0.2) is 0 Å². The molecule has 0 saturated carbocycles. The molecule has 0 fully saturated rings. The SMILES string of the molecule is O=[N+]([O-])N(C([Se])=NC(F)F)[N+](=O)[O-]. The molecule has 0 aromatic heterocycles. The molecule has 0 spiro atoms. The van der Waals surface area contributed by atoms with Crippen molar-refractivity contribution in [1.29, 1.82) is 0 Å². The van der Waals surface area contributed by atoms with Gasteiger partial charge in [-0.1, -0.05) is 0 Å². The van der Waals surface area contributed by atoms with E-state index in [1.165, 1.54) is 0 Å². The second-order valence-electron chi connectivity index (χ2n) is 1.45. The van der Waals surface area contributed by atoms with E-state index >= 15 is 0 Å². The molecule has 0 unspecified atom stereocenters. The minimum absolute atomic E-state index is 0.744. The van der Waals surface area contributed by atoms with E-state index in [1.54, 1.807) is 16.0 Å². The van der Waals surface area contributed by atoms with Crippen molar-refractivity contribution in [2.45, 2.75) is 6.55 Å². The first-order valence-electron chi connectivity index (χ1n) is 2.48. The van der Waals surface area contributed by atoms with E-state index in [9.17, 15) is 29.0 Å². The van der Waals surface area contributed by atoms with Crippen molar-refractivity contribution < 1.29 is 18.8 Å². The van der Waals surface area contributed by atoms with Gasteiger partial charge in [0, 0.05) is 0 Å². The van der Waals surface area contributed by atoms with Crippen LogP contribution in [-0.4, -0.2) is 42.5 Å². The van der Waals surface area contributed by atoms with Crippen molar-refractivity contribution in [3.8, 4) is 0 Å². The third-order valence-corrected chi connectivity index (χ3v) is 1.25. The Bertz CT molecular complexity index is 243. The van der Waals surface area contributed by atoms with Crippen LogP contribution in [0.2, 0.25) is 0 Å². The Labute approximate surface area is 77.3 Å². The normalized spacial score (nSPS) is 11.5. The Hall–Kier alpha value is -1.35. The van der Waals surface area contributed by atoms with E-state index in [4.69, 9.17) is 0 Å². The van der Waals surface area contributed by atoms with Gasteiger partial charge in [-0.15, -0.1) is 0 Å². The van der Waals surface area contributed by atoms with Crippen molar-refractivity contribution >= 4 is 20.7 Å². The molecule has 0 heterocycles. The van der Waals surface area contributed by atoms with E-state index in [0.717, 1.165) is 0 Å². The summed E-state index contributed by atoms with van der Waals surface area (Å²) in [6.07, 6.45) is 0. The molecule has 73 valence electrons. The minimum atomic E-state index is -3.25. The average Bonchev–Trinajstić information content (AvgIpc) is 1.81. The Morgan fingerprint density at radius 3 is 2.00 bits per heavy atom. The summed E-state index contributed by atoms with van der Waals surface area (Å²) in [5.41, 5.74) is 0. The molecule has 13 heavy (non-hydrogen) atoms. The molecule has 8 nitrogen and oxygen atoms in total. The zero-order chi connectivity index (χ0) is 10.6. The molecule has 0 aliphatic heterocycles. The number of amidine groups is 1. The Morgan fingerprint density at radius 2 is 1.77 bits per heavy atom. The van der Waals surface area contributed by atoms with Gasteiger partial charge in [0.2, 0.25) is 0 Å². The Kier molecular flexibility index (Phi) is 4.14. The second kappa shape index (κ2) is 4.62. The molecule has 11 heteroatoms. The predicted octanol–water partition coefficient (Wildman–Crippen LogP) is -0.581. The van der Waals surface area contributed by atoms with E-state index in [2.05, 4.69) is 4.99 Å². The Balaban J connectivity index is 4.76. The van der Waals surface area contributed by atoms with Crippen LogP contribution >= 0.6 is 0 Å². The molecule has 0 rings (SSSR count). The summed E-state index contributed by atoms with van der Waals surface area (Å²) in [6.45, 7) is -3.25. The molecule has 0 bridgehead atoms. The quantitative estimate of drug-likeness (QED) is 0.169.